The van der Waals surface area contributed by atoms with Gasteiger partial charge in [0, 0.05) is 0 Å². The van der Waals surface area contributed by atoms with Gasteiger partial charge in [0.2, 0.25) is 6.08 Å². The quantitative estimate of drug-likeness (QED) is 0.461. The maximum Gasteiger partial charge on any atom is 0.340 e. The molecule has 1 aromatic rings. The first-order valence-corrected chi connectivity index (χ1v) is 5.70. The van der Waals surface area contributed by atoms with Gasteiger partial charge < -0.3 is 9.47 Å². The van der Waals surface area contributed by atoms with Gasteiger partial charge in [0.1, 0.15) is 0 Å². The Morgan fingerprint density at radius 2 is 1.79 bits per heavy atom. The lowest BCUT2D eigenvalue weighted by molar-refractivity contribution is 0.0526. The van der Waals surface area contributed by atoms with Crippen LogP contribution in [0.3, 0.4) is 0 Å². The summed E-state index contributed by atoms with van der Waals surface area (Å²) in [7, 11) is 0. The molecule has 0 aliphatic heterocycles. The number of rotatable bonds is 5. The summed E-state index contributed by atoms with van der Waals surface area (Å²) < 4.78 is 9.65. The number of benzene rings is 1. The molecule has 0 spiro atoms. The van der Waals surface area contributed by atoms with E-state index in [9.17, 15) is 14.4 Å². The van der Waals surface area contributed by atoms with Crippen LogP contribution in [0.15, 0.2) is 23.2 Å². The first-order chi connectivity index (χ1) is 9.13. The van der Waals surface area contributed by atoms with Crippen LogP contribution in [0.2, 0.25) is 0 Å². The number of ether oxygens (including phenoxy) is 2. The van der Waals surface area contributed by atoms with Crippen LogP contribution in [0.25, 0.3) is 0 Å². The molecule has 0 atom stereocenters. The molecule has 0 bridgehead atoms. The standard InChI is InChI=1S/C13H13NO5/c1-3-18-12(16)9-5-6-11(14-8-15)10(7-9)13(17)19-4-2/h5-7H,3-4H2,1-2H3. The van der Waals surface area contributed by atoms with Gasteiger partial charge in [-0.25, -0.2) is 14.4 Å². The Morgan fingerprint density at radius 3 is 2.37 bits per heavy atom. The van der Waals surface area contributed by atoms with E-state index >= 15 is 0 Å². The molecular weight excluding hydrogens is 250 g/mol. The Balaban J connectivity index is 3.21. The minimum atomic E-state index is -0.664. The zero-order valence-electron chi connectivity index (χ0n) is 10.6. The van der Waals surface area contributed by atoms with E-state index in [2.05, 4.69) is 4.99 Å². The molecular formula is C13H13NO5. The zero-order chi connectivity index (χ0) is 14.3. The highest BCUT2D eigenvalue weighted by Crippen LogP contribution is 2.22. The van der Waals surface area contributed by atoms with Crippen molar-refractivity contribution in [1.29, 1.82) is 0 Å². The lowest BCUT2D eigenvalue weighted by Gasteiger charge is -2.07. The van der Waals surface area contributed by atoms with Gasteiger partial charge in [0.05, 0.1) is 30.0 Å². The number of hydrogen-bond donors (Lipinski definition) is 0. The molecule has 0 aliphatic rings. The van der Waals surface area contributed by atoms with Crippen molar-refractivity contribution in [2.24, 2.45) is 4.99 Å². The maximum absolute atomic E-state index is 11.7. The summed E-state index contributed by atoms with van der Waals surface area (Å²) in [5.74, 6) is -1.22. The molecule has 1 rings (SSSR count). The largest absolute Gasteiger partial charge is 0.462 e. The topological polar surface area (TPSA) is 82.0 Å². The number of hydrogen-bond acceptors (Lipinski definition) is 6. The predicted molar refractivity (Wildman–Crippen MR) is 66.1 cm³/mol. The molecule has 0 saturated carbocycles. The Kier molecular flexibility index (Phi) is 5.44. The average Bonchev–Trinajstić information content (AvgIpc) is 2.40. The molecule has 0 saturated heterocycles. The second-order valence-corrected chi connectivity index (χ2v) is 3.38. The fraction of sp³-hybridized carbons (Fsp3) is 0.308. The smallest absolute Gasteiger partial charge is 0.340 e. The second kappa shape index (κ2) is 7.08. The maximum atomic E-state index is 11.7. The van der Waals surface area contributed by atoms with E-state index in [1.807, 2.05) is 0 Å². The number of carbonyl (C=O) groups is 2. The summed E-state index contributed by atoms with van der Waals surface area (Å²) in [6.45, 7) is 3.72. The third kappa shape index (κ3) is 3.76. The molecule has 0 amide bonds. The number of nitrogens with zero attached hydrogens (tertiary/aromatic N) is 1. The van der Waals surface area contributed by atoms with Crippen LogP contribution in [0.1, 0.15) is 34.6 Å². The SMILES string of the molecule is CCOC(=O)c1ccc(N=C=O)c(C(=O)OCC)c1. The molecule has 100 valence electrons. The summed E-state index contributed by atoms with van der Waals surface area (Å²) in [6, 6.07) is 4.06. The Bertz CT molecular complexity index is 532. The van der Waals surface area contributed by atoms with Gasteiger partial charge in [0.25, 0.3) is 0 Å². The normalized spacial score (nSPS) is 9.37. The Hall–Kier alpha value is -2.46. The van der Waals surface area contributed by atoms with E-state index in [1.165, 1.54) is 24.3 Å². The van der Waals surface area contributed by atoms with Crippen molar-refractivity contribution >= 4 is 23.7 Å². The van der Waals surface area contributed by atoms with Crippen LogP contribution in [0.4, 0.5) is 5.69 Å². The summed E-state index contributed by atoms with van der Waals surface area (Å²) in [5, 5.41) is 0. The van der Waals surface area contributed by atoms with Crippen LogP contribution in [-0.4, -0.2) is 31.2 Å². The Labute approximate surface area is 110 Å². The van der Waals surface area contributed by atoms with Crippen molar-refractivity contribution < 1.29 is 23.9 Å². The average molecular weight is 263 g/mol. The first kappa shape index (κ1) is 14.6. The molecule has 19 heavy (non-hydrogen) atoms. The van der Waals surface area contributed by atoms with E-state index in [0.717, 1.165) is 0 Å². The highest BCUT2D eigenvalue weighted by atomic mass is 16.5. The van der Waals surface area contributed by atoms with Gasteiger partial charge in [-0.2, -0.15) is 4.99 Å². The molecule has 0 unspecified atom stereocenters. The van der Waals surface area contributed by atoms with Crippen LogP contribution >= 0.6 is 0 Å². The van der Waals surface area contributed by atoms with Gasteiger partial charge >= 0.3 is 11.9 Å². The van der Waals surface area contributed by atoms with Gasteiger partial charge in [0.15, 0.2) is 0 Å². The highest BCUT2D eigenvalue weighted by Gasteiger charge is 2.16. The van der Waals surface area contributed by atoms with Crippen LogP contribution in [-0.2, 0) is 14.3 Å². The minimum Gasteiger partial charge on any atom is -0.462 e. The fourth-order valence-electron chi connectivity index (χ4n) is 1.40. The molecule has 6 nitrogen and oxygen atoms in total. The molecule has 0 fully saturated rings. The van der Waals surface area contributed by atoms with Crippen molar-refractivity contribution in [3.63, 3.8) is 0 Å². The fourth-order valence-corrected chi connectivity index (χ4v) is 1.40. The predicted octanol–water partition coefficient (Wildman–Crippen LogP) is 2.01. The zero-order valence-corrected chi connectivity index (χ0v) is 10.6. The molecule has 1 aromatic carbocycles. The van der Waals surface area contributed by atoms with Gasteiger partial charge in [-0.05, 0) is 32.0 Å². The van der Waals surface area contributed by atoms with Crippen molar-refractivity contribution in [2.45, 2.75) is 13.8 Å². The number of esters is 2. The molecule has 0 N–H and O–H groups in total. The minimum absolute atomic E-state index is 0.0238. The molecule has 6 heteroatoms. The van der Waals surface area contributed by atoms with Crippen LogP contribution in [0, 0.1) is 0 Å². The van der Waals surface area contributed by atoms with E-state index < -0.39 is 11.9 Å². The third-order valence-corrected chi connectivity index (χ3v) is 2.17. The second-order valence-electron chi connectivity index (χ2n) is 3.38. The lowest BCUT2D eigenvalue weighted by Crippen LogP contribution is -2.09. The van der Waals surface area contributed by atoms with Crippen molar-refractivity contribution in [2.75, 3.05) is 13.2 Å². The van der Waals surface area contributed by atoms with Crippen molar-refractivity contribution in [3.05, 3.63) is 29.3 Å². The van der Waals surface area contributed by atoms with E-state index in [4.69, 9.17) is 9.47 Å². The molecule has 0 aromatic heterocycles. The first-order valence-electron chi connectivity index (χ1n) is 5.70. The van der Waals surface area contributed by atoms with Crippen molar-refractivity contribution in [1.82, 2.24) is 0 Å². The summed E-state index contributed by atoms with van der Waals surface area (Å²) in [6.07, 6.45) is 1.35. The van der Waals surface area contributed by atoms with Crippen molar-refractivity contribution in [3.8, 4) is 0 Å². The monoisotopic (exact) mass is 263 g/mol. The molecule has 0 aliphatic carbocycles. The molecule has 0 radical (unpaired) electrons. The van der Waals surface area contributed by atoms with Gasteiger partial charge in [-0.1, -0.05) is 0 Å². The summed E-state index contributed by atoms with van der Waals surface area (Å²) in [5.41, 5.74) is 0.312. The summed E-state index contributed by atoms with van der Waals surface area (Å²) >= 11 is 0. The lowest BCUT2D eigenvalue weighted by atomic mass is 10.1. The third-order valence-electron chi connectivity index (χ3n) is 2.17. The van der Waals surface area contributed by atoms with E-state index in [0.29, 0.717) is 0 Å². The number of carbonyl (C=O) groups excluding carboxylic acids is 3. The number of isocyanates is 1. The van der Waals surface area contributed by atoms with E-state index in [1.54, 1.807) is 13.8 Å². The molecule has 0 heterocycles. The van der Waals surface area contributed by atoms with Crippen LogP contribution < -0.4 is 0 Å². The summed E-state index contributed by atoms with van der Waals surface area (Å²) in [4.78, 5) is 37.0. The van der Waals surface area contributed by atoms with Crippen LogP contribution in [0.5, 0.6) is 0 Å². The van der Waals surface area contributed by atoms with E-state index in [-0.39, 0.29) is 30.0 Å². The van der Waals surface area contributed by atoms with Gasteiger partial charge in [-0.3, -0.25) is 0 Å². The number of aliphatic imine (C=N–C) groups is 1. The van der Waals surface area contributed by atoms with Gasteiger partial charge in [-0.15, -0.1) is 0 Å². The highest BCUT2D eigenvalue weighted by molar-refractivity contribution is 5.99. The Morgan fingerprint density at radius 1 is 1.16 bits per heavy atom.